The number of hydrogen-bond acceptors (Lipinski definition) is 10. The normalized spacial score (nSPS) is 13.6. The van der Waals surface area contributed by atoms with Crippen LogP contribution in [0.15, 0.2) is 23.5 Å². The van der Waals surface area contributed by atoms with Crippen molar-refractivity contribution >= 4 is 34.5 Å². The van der Waals surface area contributed by atoms with E-state index in [1.165, 1.54) is 11.8 Å². The average Bonchev–Trinajstić information content (AvgIpc) is 3.33. The molecule has 3 aromatic rings. The number of nitrogens with zero attached hydrogens (tertiary/aromatic N) is 5. The SMILES string of the molecule is CCOc1cc(C(=O)NCCn2ncc3c(N4CCOCC4)nc(SC)nc32)cc(OCC)c1OCC. The molecule has 1 fully saturated rings. The van der Waals surface area contributed by atoms with Gasteiger partial charge >= 0.3 is 0 Å². The van der Waals surface area contributed by atoms with E-state index in [0.717, 1.165) is 29.9 Å². The topological polar surface area (TPSA) is 113 Å². The minimum atomic E-state index is -0.241. The van der Waals surface area contributed by atoms with E-state index in [9.17, 15) is 4.79 Å². The Morgan fingerprint density at radius 2 is 1.73 bits per heavy atom. The number of fused-ring (bicyclic) bond motifs is 1. The third-order valence-electron chi connectivity index (χ3n) is 5.73. The number of carbonyl (C=O) groups is 1. The van der Waals surface area contributed by atoms with Crippen LogP contribution in [-0.2, 0) is 11.3 Å². The minimum Gasteiger partial charge on any atom is -0.490 e. The summed E-state index contributed by atoms with van der Waals surface area (Å²) < 4.78 is 24.5. The first kappa shape index (κ1) is 26.8. The van der Waals surface area contributed by atoms with Crippen LogP contribution in [0.5, 0.6) is 17.2 Å². The maximum absolute atomic E-state index is 13.0. The van der Waals surface area contributed by atoms with E-state index in [1.807, 2.05) is 27.0 Å². The Morgan fingerprint density at radius 3 is 2.35 bits per heavy atom. The summed E-state index contributed by atoms with van der Waals surface area (Å²) >= 11 is 1.49. The van der Waals surface area contributed by atoms with E-state index in [4.69, 9.17) is 28.9 Å². The van der Waals surface area contributed by atoms with Gasteiger partial charge in [0.05, 0.1) is 51.2 Å². The van der Waals surface area contributed by atoms with Gasteiger partial charge < -0.3 is 29.2 Å². The minimum absolute atomic E-state index is 0.241. The molecule has 0 saturated carbocycles. The van der Waals surface area contributed by atoms with Crippen molar-refractivity contribution in [2.24, 2.45) is 0 Å². The highest BCUT2D eigenvalue weighted by Crippen LogP contribution is 2.39. The molecule has 11 nitrogen and oxygen atoms in total. The number of hydrogen-bond donors (Lipinski definition) is 1. The Labute approximate surface area is 220 Å². The molecule has 1 saturated heterocycles. The van der Waals surface area contributed by atoms with Gasteiger partial charge in [0.1, 0.15) is 5.82 Å². The highest BCUT2D eigenvalue weighted by atomic mass is 32.2. The first-order valence-corrected chi connectivity index (χ1v) is 13.8. The predicted octanol–water partition coefficient (Wildman–Crippen LogP) is 3.01. The maximum atomic E-state index is 13.0. The first-order valence-electron chi connectivity index (χ1n) is 12.5. The third-order valence-corrected chi connectivity index (χ3v) is 6.28. The van der Waals surface area contributed by atoms with Crippen LogP contribution in [-0.4, -0.2) is 84.6 Å². The van der Waals surface area contributed by atoms with Crippen LogP contribution in [0, 0.1) is 0 Å². The van der Waals surface area contributed by atoms with Gasteiger partial charge in [-0.25, -0.2) is 14.6 Å². The average molecular weight is 531 g/mol. The molecular weight excluding hydrogens is 496 g/mol. The largest absolute Gasteiger partial charge is 0.490 e. The molecule has 0 aliphatic carbocycles. The van der Waals surface area contributed by atoms with Crippen molar-refractivity contribution in [3.05, 3.63) is 23.9 Å². The lowest BCUT2D eigenvalue weighted by molar-refractivity contribution is 0.0951. The summed E-state index contributed by atoms with van der Waals surface area (Å²) in [7, 11) is 0. The Kier molecular flexibility index (Phi) is 9.29. The molecule has 12 heteroatoms. The smallest absolute Gasteiger partial charge is 0.251 e. The van der Waals surface area contributed by atoms with Crippen molar-refractivity contribution < 1.29 is 23.7 Å². The predicted molar refractivity (Wildman–Crippen MR) is 142 cm³/mol. The first-order chi connectivity index (χ1) is 18.1. The monoisotopic (exact) mass is 530 g/mol. The van der Waals surface area contributed by atoms with Crippen LogP contribution in [0.1, 0.15) is 31.1 Å². The summed E-state index contributed by atoms with van der Waals surface area (Å²) in [5.41, 5.74) is 1.18. The lowest BCUT2D eigenvalue weighted by Crippen LogP contribution is -2.37. The summed E-state index contributed by atoms with van der Waals surface area (Å²) in [6.45, 7) is 10.7. The van der Waals surface area contributed by atoms with Crippen molar-refractivity contribution in [3.63, 3.8) is 0 Å². The third kappa shape index (κ3) is 6.19. The number of anilines is 1. The van der Waals surface area contributed by atoms with Crippen LogP contribution in [0.3, 0.4) is 0 Å². The molecule has 1 N–H and O–H groups in total. The van der Waals surface area contributed by atoms with Crippen molar-refractivity contribution in [2.75, 3.05) is 63.8 Å². The number of thioether (sulfide) groups is 1. The molecule has 0 unspecified atom stereocenters. The Morgan fingerprint density at radius 1 is 1.05 bits per heavy atom. The number of nitrogens with one attached hydrogen (secondary N) is 1. The second-order valence-electron chi connectivity index (χ2n) is 8.09. The van der Waals surface area contributed by atoms with Crippen molar-refractivity contribution in [1.29, 1.82) is 0 Å². The van der Waals surface area contributed by atoms with Crippen LogP contribution >= 0.6 is 11.8 Å². The number of benzene rings is 1. The zero-order valence-corrected chi connectivity index (χ0v) is 22.6. The summed E-state index contributed by atoms with van der Waals surface area (Å²) in [6, 6.07) is 3.37. The molecule has 0 spiro atoms. The Bertz CT molecular complexity index is 1190. The van der Waals surface area contributed by atoms with Crippen molar-refractivity contribution in [1.82, 2.24) is 25.1 Å². The quantitative estimate of drug-likeness (QED) is 0.277. The van der Waals surface area contributed by atoms with Gasteiger partial charge in [0, 0.05) is 25.2 Å². The number of rotatable bonds is 12. The van der Waals surface area contributed by atoms with Crippen LogP contribution < -0.4 is 24.4 Å². The number of carbonyl (C=O) groups excluding carboxylic acids is 1. The standard InChI is InChI=1S/C25H34N6O5S/c1-5-34-19-14-17(15-20(35-6-2)21(19)36-7-3)24(32)26-8-9-31-23-18(16-27-31)22(28-25(29-23)37-4)30-10-12-33-13-11-30/h14-16H,5-13H2,1-4H3,(H,26,32). The highest BCUT2D eigenvalue weighted by Gasteiger charge is 2.21. The fraction of sp³-hybridized carbons (Fsp3) is 0.520. The molecule has 37 heavy (non-hydrogen) atoms. The molecule has 1 aliphatic heterocycles. The number of ether oxygens (including phenoxy) is 4. The zero-order chi connectivity index (χ0) is 26.2. The summed E-state index contributed by atoms with van der Waals surface area (Å²) in [5.74, 6) is 2.10. The van der Waals surface area contributed by atoms with Gasteiger partial charge in [-0.15, -0.1) is 0 Å². The molecular formula is C25H34N6O5S. The molecule has 0 atom stereocenters. The van der Waals surface area contributed by atoms with Gasteiger partial charge in [0.2, 0.25) is 5.75 Å². The lowest BCUT2D eigenvalue weighted by Gasteiger charge is -2.28. The van der Waals surface area contributed by atoms with E-state index in [1.54, 1.807) is 23.0 Å². The molecule has 1 aliphatic rings. The molecule has 3 heterocycles. The van der Waals surface area contributed by atoms with Crippen molar-refractivity contribution in [3.8, 4) is 17.2 Å². The summed E-state index contributed by atoms with van der Waals surface area (Å²) in [6.07, 6.45) is 3.75. The van der Waals surface area contributed by atoms with E-state index < -0.39 is 0 Å². The second kappa shape index (κ2) is 12.8. The fourth-order valence-electron chi connectivity index (χ4n) is 4.09. The van der Waals surface area contributed by atoms with Gasteiger partial charge in [-0.1, -0.05) is 11.8 Å². The van der Waals surface area contributed by atoms with Gasteiger partial charge in [0.25, 0.3) is 5.91 Å². The van der Waals surface area contributed by atoms with Crippen molar-refractivity contribution in [2.45, 2.75) is 32.5 Å². The number of aromatic nitrogens is 4. The molecule has 1 aromatic carbocycles. The van der Waals surface area contributed by atoms with Crippen LogP contribution in [0.2, 0.25) is 0 Å². The van der Waals surface area contributed by atoms with Gasteiger partial charge in [-0.05, 0) is 39.2 Å². The zero-order valence-electron chi connectivity index (χ0n) is 21.8. The van der Waals surface area contributed by atoms with E-state index >= 15 is 0 Å². The van der Waals surface area contributed by atoms with E-state index in [2.05, 4.69) is 15.3 Å². The summed E-state index contributed by atoms with van der Waals surface area (Å²) in [5, 5.41) is 9.09. The highest BCUT2D eigenvalue weighted by molar-refractivity contribution is 7.98. The molecule has 1 amide bonds. The summed E-state index contributed by atoms with van der Waals surface area (Å²) in [4.78, 5) is 24.7. The van der Waals surface area contributed by atoms with Gasteiger partial charge in [-0.3, -0.25) is 4.79 Å². The van der Waals surface area contributed by atoms with Gasteiger partial charge in [0.15, 0.2) is 22.3 Å². The lowest BCUT2D eigenvalue weighted by atomic mass is 10.1. The Balaban J connectivity index is 1.51. The molecule has 0 radical (unpaired) electrons. The number of amides is 1. The Hall–Kier alpha value is -3.25. The van der Waals surface area contributed by atoms with Crippen LogP contribution in [0.4, 0.5) is 5.82 Å². The molecule has 4 rings (SSSR count). The van der Waals surface area contributed by atoms with Crippen LogP contribution in [0.25, 0.3) is 11.0 Å². The second-order valence-corrected chi connectivity index (χ2v) is 8.87. The number of morpholine rings is 1. The van der Waals surface area contributed by atoms with E-state index in [-0.39, 0.29) is 5.91 Å². The molecule has 0 bridgehead atoms. The molecule has 2 aromatic heterocycles. The fourth-order valence-corrected chi connectivity index (χ4v) is 4.44. The molecule has 200 valence electrons. The maximum Gasteiger partial charge on any atom is 0.251 e. The van der Waals surface area contributed by atoms with E-state index in [0.29, 0.717) is 74.1 Å². The van der Waals surface area contributed by atoms with Gasteiger partial charge in [-0.2, -0.15) is 5.10 Å².